The van der Waals surface area contributed by atoms with E-state index in [1.165, 1.54) is 16.1 Å². The summed E-state index contributed by atoms with van der Waals surface area (Å²) in [6.07, 6.45) is 2.21. The summed E-state index contributed by atoms with van der Waals surface area (Å²) in [4.78, 5) is 6.84. The minimum absolute atomic E-state index is 0.139. The molecule has 2 heterocycles. The van der Waals surface area contributed by atoms with Crippen molar-refractivity contribution in [3.63, 3.8) is 0 Å². The number of hydrogen-bond donors (Lipinski definition) is 1. The van der Waals surface area contributed by atoms with E-state index in [-0.39, 0.29) is 5.75 Å². The fourth-order valence-electron chi connectivity index (χ4n) is 3.28. The monoisotopic (exact) mass is 435 g/mol. The molecule has 3 rings (SSSR count). The predicted octanol–water partition coefficient (Wildman–Crippen LogP) is 1.34. The lowest BCUT2D eigenvalue weighted by Crippen LogP contribution is -2.54. The highest BCUT2D eigenvalue weighted by Gasteiger charge is 2.28. The molecule has 0 spiro atoms. The van der Waals surface area contributed by atoms with Crippen molar-refractivity contribution in [2.24, 2.45) is 4.99 Å². The fraction of sp³-hybridized carbons (Fsp3) is 0.500. The molecule has 1 aromatic carbocycles. The highest BCUT2D eigenvalue weighted by atomic mass is 32.2. The zero-order valence-corrected chi connectivity index (χ0v) is 18.3. The maximum absolute atomic E-state index is 12.6. The van der Waals surface area contributed by atoms with Crippen LogP contribution < -0.4 is 10.1 Å². The van der Waals surface area contributed by atoms with Gasteiger partial charge in [-0.05, 0) is 31.0 Å². The first-order valence-corrected chi connectivity index (χ1v) is 11.7. The standard InChI is InChI=1S/C20H29N5O4S/c1-3-21-20(22-10-8-17-4-6-19(28-2)7-5-17)24-11-13-25(14-12-24)30(26,27)16-18-9-15-29-23-18/h4-7,9,15H,3,8,10-14,16H2,1-2H3,(H,21,22). The molecule has 0 radical (unpaired) electrons. The summed E-state index contributed by atoms with van der Waals surface area (Å²) in [7, 11) is -1.76. The summed E-state index contributed by atoms with van der Waals surface area (Å²) in [6, 6.07) is 9.55. The van der Waals surface area contributed by atoms with Crippen LogP contribution in [0.5, 0.6) is 5.75 Å². The van der Waals surface area contributed by atoms with E-state index in [4.69, 9.17) is 14.3 Å². The second-order valence-corrected chi connectivity index (χ2v) is 8.94. The van der Waals surface area contributed by atoms with Gasteiger partial charge in [-0.25, -0.2) is 8.42 Å². The van der Waals surface area contributed by atoms with E-state index in [1.54, 1.807) is 13.2 Å². The molecule has 1 N–H and O–H groups in total. The molecule has 1 fully saturated rings. The van der Waals surface area contributed by atoms with Gasteiger partial charge in [0.25, 0.3) is 0 Å². The highest BCUT2D eigenvalue weighted by molar-refractivity contribution is 7.88. The molecule has 1 saturated heterocycles. The highest BCUT2D eigenvalue weighted by Crippen LogP contribution is 2.14. The molecule has 2 aromatic rings. The number of benzene rings is 1. The van der Waals surface area contributed by atoms with Crippen molar-refractivity contribution in [3.05, 3.63) is 47.9 Å². The molecule has 0 atom stereocenters. The lowest BCUT2D eigenvalue weighted by atomic mass is 10.1. The van der Waals surface area contributed by atoms with Crippen molar-refractivity contribution in [2.75, 3.05) is 46.4 Å². The van der Waals surface area contributed by atoms with Crippen LogP contribution in [-0.4, -0.2) is 75.1 Å². The largest absolute Gasteiger partial charge is 0.497 e. The number of rotatable bonds is 8. The summed E-state index contributed by atoms with van der Waals surface area (Å²) in [5, 5.41) is 7.02. The molecule has 0 unspecified atom stereocenters. The van der Waals surface area contributed by atoms with Gasteiger partial charge in [0, 0.05) is 45.3 Å². The van der Waals surface area contributed by atoms with Gasteiger partial charge in [0.15, 0.2) is 5.96 Å². The molecule has 10 heteroatoms. The molecule has 1 aliphatic heterocycles. The lowest BCUT2D eigenvalue weighted by Gasteiger charge is -2.35. The number of hydrogen-bond acceptors (Lipinski definition) is 6. The Bertz CT molecular complexity index is 905. The molecule has 0 amide bonds. The van der Waals surface area contributed by atoms with Crippen LogP contribution in [-0.2, 0) is 22.2 Å². The zero-order valence-electron chi connectivity index (χ0n) is 17.5. The van der Waals surface area contributed by atoms with Crippen molar-refractivity contribution in [1.29, 1.82) is 0 Å². The van der Waals surface area contributed by atoms with Crippen molar-refractivity contribution >= 4 is 16.0 Å². The number of nitrogens with one attached hydrogen (secondary N) is 1. The van der Waals surface area contributed by atoms with Gasteiger partial charge in [-0.2, -0.15) is 4.31 Å². The number of nitrogens with zero attached hydrogens (tertiary/aromatic N) is 4. The minimum Gasteiger partial charge on any atom is -0.497 e. The molecule has 164 valence electrons. The van der Waals surface area contributed by atoms with Crippen LogP contribution in [0.2, 0.25) is 0 Å². The maximum Gasteiger partial charge on any atom is 0.220 e. The summed E-state index contributed by atoms with van der Waals surface area (Å²) >= 11 is 0. The third kappa shape index (κ3) is 5.96. The smallest absolute Gasteiger partial charge is 0.220 e. The normalized spacial score (nSPS) is 15.9. The van der Waals surface area contributed by atoms with E-state index >= 15 is 0 Å². The molecule has 1 aromatic heterocycles. The zero-order chi connectivity index (χ0) is 21.4. The Hall–Kier alpha value is -2.59. The van der Waals surface area contributed by atoms with Gasteiger partial charge in [0.1, 0.15) is 17.8 Å². The lowest BCUT2D eigenvalue weighted by molar-refractivity contribution is 0.260. The van der Waals surface area contributed by atoms with Gasteiger partial charge in [0.2, 0.25) is 10.0 Å². The quantitative estimate of drug-likeness (QED) is 0.493. The van der Waals surface area contributed by atoms with Crippen molar-refractivity contribution < 1.29 is 17.7 Å². The number of methoxy groups -OCH3 is 1. The number of ether oxygens (including phenoxy) is 1. The number of sulfonamides is 1. The van der Waals surface area contributed by atoms with Crippen LogP contribution in [0.25, 0.3) is 0 Å². The van der Waals surface area contributed by atoms with Crippen LogP contribution in [0, 0.1) is 0 Å². The van der Waals surface area contributed by atoms with E-state index < -0.39 is 10.0 Å². The Kier molecular flexibility index (Phi) is 7.69. The van der Waals surface area contributed by atoms with E-state index in [1.807, 2.05) is 31.2 Å². The topological polar surface area (TPSA) is 100 Å². The fourth-order valence-corrected chi connectivity index (χ4v) is 4.70. The number of aliphatic imine (C=N–C) groups is 1. The Balaban J connectivity index is 1.54. The second kappa shape index (κ2) is 10.4. The van der Waals surface area contributed by atoms with E-state index in [0.717, 1.165) is 24.7 Å². The molecular weight excluding hydrogens is 406 g/mol. The average Bonchev–Trinajstić information content (AvgIpc) is 3.26. The number of guanidine groups is 1. The van der Waals surface area contributed by atoms with Crippen molar-refractivity contribution in [1.82, 2.24) is 19.7 Å². The van der Waals surface area contributed by atoms with Crippen LogP contribution in [0.1, 0.15) is 18.2 Å². The summed E-state index contributed by atoms with van der Waals surface area (Å²) in [6.45, 7) is 5.45. The maximum atomic E-state index is 12.6. The van der Waals surface area contributed by atoms with Crippen LogP contribution in [0.15, 0.2) is 46.1 Å². The second-order valence-electron chi connectivity index (χ2n) is 6.97. The summed E-state index contributed by atoms with van der Waals surface area (Å²) < 4.78 is 36.6. The van der Waals surface area contributed by atoms with Crippen LogP contribution >= 0.6 is 0 Å². The van der Waals surface area contributed by atoms with E-state index in [9.17, 15) is 8.42 Å². The van der Waals surface area contributed by atoms with E-state index in [2.05, 4.69) is 15.4 Å². The Morgan fingerprint density at radius 2 is 1.93 bits per heavy atom. The van der Waals surface area contributed by atoms with Crippen LogP contribution in [0.4, 0.5) is 0 Å². The molecule has 9 nitrogen and oxygen atoms in total. The van der Waals surface area contributed by atoms with Gasteiger partial charge < -0.3 is 19.5 Å². The Morgan fingerprint density at radius 3 is 2.53 bits per heavy atom. The first kappa shape index (κ1) is 22.1. The first-order valence-electron chi connectivity index (χ1n) is 10.0. The van der Waals surface area contributed by atoms with E-state index in [0.29, 0.717) is 38.4 Å². The SMILES string of the molecule is CCNC(=NCCc1ccc(OC)cc1)N1CCN(S(=O)(=O)Cc2ccon2)CC1. The van der Waals surface area contributed by atoms with Gasteiger partial charge in [-0.1, -0.05) is 17.3 Å². The van der Waals surface area contributed by atoms with Gasteiger partial charge in [-0.15, -0.1) is 0 Å². The van der Waals surface area contributed by atoms with Gasteiger partial charge in [-0.3, -0.25) is 4.99 Å². The molecule has 1 aliphatic rings. The number of piperazine rings is 1. The predicted molar refractivity (Wildman–Crippen MR) is 115 cm³/mol. The molecule has 0 bridgehead atoms. The molecular formula is C20H29N5O4S. The number of aromatic nitrogens is 1. The molecule has 30 heavy (non-hydrogen) atoms. The van der Waals surface area contributed by atoms with Crippen LogP contribution in [0.3, 0.4) is 0 Å². The molecule has 0 aliphatic carbocycles. The van der Waals surface area contributed by atoms with Gasteiger partial charge in [0.05, 0.1) is 12.8 Å². The van der Waals surface area contributed by atoms with Crippen molar-refractivity contribution in [3.8, 4) is 5.75 Å². The Labute approximate surface area is 177 Å². The third-order valence-electron chi connectivity index (χ3n) is 4.91. The Morgan fingerprint density at radius 1 is 1.20 bits per heavy atom. The van der Waals surface area contributed by atoms with Gasteiger partial charge >= 0.3 is 0 Å². The molecule has 0 saturated carbocycles. The summed E-state index contributed by atoms with van der Waals surface area (Å²) in [5.74, 6) is 1.52. The third-order valence-corrected chi connectivity index (χ3v) is 6.72. The minimum atomic E-state index is -3.41. The van der Waals surface area contributed by atoms with Crippen molar-refractivity contribution in [2.45, 2.75) is 19.1 Å². The average molecular weight is 436 g/mol. The summed E-state index contributed by atoms with van der Waals surface area (Å²) in [5.41, 5.74) is 1.62. The first-order chi connectivity index (χ1) is 14.5.